The van der Waals surface area contributed by atoms with Gasteiger partial charge in [-0.1, -0.05) is 88.4 Å². The molecule has 0 N–H and O–H groups in total. The maximum Gasteiger partial charge on any atom is 0.261 e. The number of nitrogens with zero attached hydrogens (tertiary/aromatic N) is 1. The quantitative estimate of drug-likeness (QED) is 0.681. The van der Waals surface area contributed by atoms with Gasteiger partial charge in [0, 0.05) is 31.0 Å². The summed E-state index contributed by atoms with van der Waals surface area (Å²) in [4.78, 5) is 14.9. The number of hydrogen-bond acceptors (Lipinski definition) is 2. The molecule has 2 atom stereocenters. The fourth-order valence-corrected chi connectivity index (χ4v) is 9.49. The van der Waals surface area contributed by atoms with Crippen molar-refractivity contribution < 1.29 is 9.22 Å². The largest absolute Gasteiger partial charge is 0.407 e. The molecular formula is C25H33NO2Si. The maximum absolute atomic E-state index is 12.7. The molecule has 2 aromatic carbocycles. The molecule has 0 radical (unpaired) electrons. The van der Waals surface area contributed by atoms with Gasteiger partial charge in [-0.3, -0.25) is 4.79 Å². The van der Waals surface area contributed by atoms with Crippen molar-refractivity contribution in [3.8, 4) is 0 Å². The summed E-state index contributed by atoms with van der Waals surface area (Å²) in [6.07, 6.45) is 2.33. The summed E-state index contributed by atoms with van der Waals surface area (Å²) in [6, 6.07) is 22.0. The highest BCUT2D eigenvalue weighted by molar-refractivity contribution is 6.99. The van der Waals surface area contributed by atoms with Gasteiger partial charge in [-0.05, 0) is 28.3 Å². The molecule has 1 aliphatic heterocycles. The summed E-state index contributed by atoms with van der Waals surface area (Å²) >= 11 is 0. The summed E-state index contributed by atoms with van der Waals surface area (Å²) in [6.45, 7) is 10.5. The molecule has 0 aromatic heterocycles. The summed E-state index contributed by atoms with van der Waals surface area (Å²) < 4.78 is 7.08. The van der Waals surface area contributed by atoms with Gasteiger partial charge in [0.1, 0.15) is 0 Å². The van der Waals surface area contributed by atoms with Crippen LogP contribution in [-0.2, 0) is 9.22 Å². The van der Waals surface area contributed by atoms with E-state index in [1.165, 1.54) is 23.2 Å². The van der Waals surface area contributed by atoms with Gasteiger partial charge in [-0.2, -0.15) is 0 Å². The Morgan fingerprint density at radius 2 is 1.48 bits per heavy atom. The second-order valence-electron chi connectivity index (χ2n) is 9.74. The van der Waals surface area contributed by atoms with Gasteiger partial charge in [0.05, 0.1) is 0 Å². The Morgan fingerprint density at radius 3 is 1.93 bits per heavy atom. The Labute approximate surface area is 176 Å². The van der Waals surface area contributed by atoms with Crippen molar-refractivity contribution >= 4 is 24.6 Å². The van der Waals surface area contributed by atoms with E-state index in [2.05, 4.69) is 93.3 Å². The number of rotatable bonds is 6. The lowest BCUT2D eigenvalue weighted by Crippen LogP contribution is -2.67. The molecule has 1 aliphatic carbocycles. The molecule has 0 bridgehead atoms. The molecule has 1 saturated heterocycles. The van der Waals surface area contributed by atoms with E-state index in [0.29, 0.717) is 18.6 Å². The highest BCUT2D eigenvalue weighted by atomic mass is 28.4. The summed E-state index contributed by atoms with van der Waals surface area (Å²) in [5.74, 6) is 0.641. The number of likely N-dealkylation sites (tertiary alicyclic amines) is 1. The van der Waals surface area contributed by atoms with Crippen molar-refractivity contribution in [1.82, 2.24) is 4.90 Å². The first-order valence-electron chi connectivity index (χ1n) is 10.9. The van der Waals surface area contributed by atoms with Crippen molar-refractivity contribution in [3.05, 3.63) is 60.7 Å². The van der Waals surface area contributed by atoms with Gasteiger partial charge in [-0.25, -0.2) is 0 Å². The van der Waals surface area contributed by atoms with Crippen LogP contribution >= 0.6 is 0 Å². The molecule has 2 aromatic rings. The number of carbonyl (C=O) groups excluding carboxylic acids is 1. The second kappa shape index (κ2) is 7.73. The first-order chi connectivity index (χ1) is 13.8. The zero-order chi connectivity index (χ0) is 20.6. The van der Waals surface area contributed by atoms with Crippen LogP contribution in [0.1, 0.15) is 40.5 Å². The predicted octanol–water partition coefficient (Wildman–Crippen LogP) is 3.82. The zero-order valence-electron chi connectivity index (χ0n) is 18.1. The average molecular weight is 408 g/mol. The van der Waals surface area contributed by atoms with E-state index >= 15 is 0 Å². The second-order valence-corrected chi connectivity index (χ2v) is 14.1. The van der Waals surface area contributed by atoms with Crippen molar-refractivity contribution in [2.75, 3.05) is 13.2 Å². The Bertz CT molecular complexity index is 803. The molecular weight excluding hydrogens is 374 g/mol. The fourth-order valence-electron chi connectivity index (χ4n) is 4.87. The van der Waals surface area contributed by atoms with E-state index in [9.17, 15) is 4.79 Å². The lowest BCUT2D eigenvalue weighted by atomic mass is 9.99. The van der Waals surface area contributed by atoms with Crippen LogP contribution < -0.4 is 10.4 Å². The van der Waals surface area contributed by atoms with Gasteiger partial charge in [0.25, 0.3) is 8.32 Å². The first kappa shape index (κ1) is 20.4. The number of benzene rings is 2. The topological polar surface area (TPSA) is 29.5 Å². The van der Waals surface area contributed by atoms with Crippen LogP contribution in [0.2, 0.25) is 5.04 Å². The van der Waals surface area contributed by atoms with Gasteiger partial charge in [0.2, 0.25) is 5.91 Å². The standard InChI is InChI=1S/C25H33NO2Si/c1-19-20(17-26(24(19)27)21-15-16-21)18-28-29(25(2,3)4,22-11-7-5-8-12-22)23-13-9-6-10-14-23/h5-14,19-21H,15-18H2,1-4H3. The van der Waals surface area contributed by atoms with Crippen LogP contribution in [-0.4, -0.2) is 38.3 Å². The lowest BCUT2D eigenvalue weighted by Gasteiger charge is -2.43. The Hall–Kier alpha value is -1.91. The van der Waals surface area contributed by atoms with E-state index in [1.54, 1.807) is 0 Å². The molecule has 0 spiro atoms. The van der Waals surface area contributed by atoms with Gasteiger partial charge < -0.3 is 9.33 Å². The predicted molar refractivity (Wildman–Crippen MR) is 121 cm³/mol. The van der Waals surface area contributed by atoms with E-state index in [0.717, 1.165) is 6.54 Å². The van der Waals surface area contributed by atoms with E-state index in [4.69, 9.17) is 4.43 Å². The molecule has 154 valence electrons. The summed E-state index contributed by atoms with van der Waals surface area (Å²) in [7, 11) is -2.53. The third kappa shape index (κ3) is 3.69. The SMILES string of the molecule is CC1C(=O)N(C2CC2)CC1CO[Si](c1ccccc1)(c1ccccc1)C(C)(C)C. The number of hydrogen-bond donors (Lipinski definition) is 0. The molecule has 2 fully saturated rings. The van der Waals surface area contributed by atoms with Crippen LogP contribution in [0.25, 0.3) is 0 Å². The minimum absolute atomic E-state index is 0.0300. The molecule has 3 nitrogen and oxygen atoms in total. The lowest BCUT2D eigenvalue weighted by molar-refractivity contribution is -0.131. The minimum atomic E-state index is -2.53. The smallest absolute Gasteiger partial charge is 0.261 e. The number of carbonyl (C=O) groups is 1. The van der Waals surface area contributed by atoms with Crippen LogP contribution in [0.15, 0.2) is 60.7 Å². The molecule has 2 aliphatic rings. The molecule has 4 heteroatoms. The highest BCUT2D eigenvalue weighted by Crippen LogP contribution is 2.39. The van der Waals surface area contributed by atoms with Crippen LogP contribution in [0.5, 0.6) is 0 Å². The van der Waals surface area contributed by atoms with Crippen molar-refractivity contribution in [3.63, 3.8) is 0 Å². The zero-order valence-corrected chi connectivity index (χ0v) is 19.1. The molecule has 1 heterocycles. The highest BCUT2D eigenvalue weighted by Gasteiger charge is 2.51. The third-order valence-corrected chi connectivity index (χ3v) is 11.7. The van der Waals surface area contributed by atoms with Crippen LogP contribution in [0.3, 0.4) is 0 Å². The van der Waals surface area contributed by atoms with Crippen molar-refractivity contribution in [1.29, 1.82) is 0 Å². The Kier molecular flexibility index (Phi) is 5.43. The Morgan fingerprint density at radius 1 is 0.966 bits per heavy atom. The van der Waals surface area contributed by atoms with Crippen molar-refractivity contribution in [2.24, 2.45) is 11.8 Å². The molecule has 4 rings (SSSR count). The summed E-state index contributed by atoms with van der Waals surface area (Å²) in [5, 5.41) is 2.57. The van der Waals surface area contributed by atoms with E-state index in [1.807, 2.05) is 0 Å². The van der Waals surface area contributed by atoms with Gasteiger partial charge in [0.15, 0.2) is 0 Å². The minimum Gasteiger partial charge on any atom is -0.407 e. The first-order valence-corrected chi connectivity index (χ1v) is 12.8. The van der Waals surface area contributed by atoms with E-state index < -0.39 is 8.32 Å². The average Bonchev–Trinajstić information content (AvgIpc) is 3.51. The molecule has 1 saturated carbocycles. The normalized spacial score (nSPS) is 22.9. The monoisotopic (exact) mass is 407 g/mol. The van der Waals surface area contributed by atoms with Gasteiger partial charge in [-0.15, -0.1) is 0 Å². The van der Waals surface area contributed by atoms with Crippen molar-refractivity contribution in [2.45, 2.75) is 51.6 Å². The molecule has 1 amide bonds. The van der Waals surface area contributed by atoms with Crippen LogP contribution in [0, 0.1) is 11.8 Å². The molecule has 2 unspecified atom stereocenters. The molecule has 29 heavy (non-hydrogen) atoms. The maximum atomic E-state index is 12.7. The summed E-state index contributed by atoms with van der Waals surface area (Å²) in [5.41, 5.74) is 0. The van der Waals surface area contributed by atoms with E-state index in [-0.39, 0.29) is 16.9 Å². The Balaban J connectivity index is 1.68. The van der Waals surface area contributed by atoms with Gasteiger partial charge >= 0.3 is 0 Å². The van der Waals surface area contributed by atoms with Crippen LogP contribution in [0.4, 0.5) is 0 Å². The third-order valence-electron chi connectivity index (χ3n) is 6.73. The fraction of sp³-hybridized carbons (Fsp3) is 0.480. The number of amides is 1.